The second-order valence-corrected chi connectivity index (χ2v) is 5.26. The second kappa shape index (κ2) is 8.48. The van der Waals surface area contributed by atoms with Crippen LogP contribution in [0.1, 0.15) is 39.5 Å². The molecule has 1 heterocycles. The summed E-state index contributed by atoms with van der Waals surface area (Å²) >= 11 is 0. The molecule has 0 spiro atoms. The molecule has 1 aliphatic rings. The molecule has 2 unspecified atom stereocenters. The highest BCUT2D eigenvalue weighted by Gasteiger charge is 2.20. The second-order valence-electron chi connectivity index (χ2n) is 5.26. The van der Waals surface area contributed by atoms with E-state index < -0.39 is 0 Å². The van der Waals surface area contributed by atoms with E-state index in [1.165, 1.54) is 32.4 Å². The number of carbonyl (C=O) groups excluding carboxylic acids is 1. The maximum atomic E-state index is 11.7. The van der Waals surface area contributed by atoms with Crippen LogP contribution in [0.3, 0.4) is 0 Å². The van der Waals surface area contributed by atoms with Crippen LogP contribution in [0.15, 0.2) is 0 Å². The molecule has 1 N–H and O–H groups in total. The van der Waals surface area contributed by atoms with Crippen molar-refractivity contribution in [2.75, 3.05) is 33.3 Å². The first-order chi connectivity index (χ1) is 8.67. The molecule has 1 saturated heterocycles. The Morgan fingerprint density at radius 1 is 1.44 bits per heavy atom. The number of hydrogen-bond acceptors (Lipinski definition) is 4. The SMILES string of the molecule is CCOC(=O)C(CCN1CCCC(C)CC1)NC. The molecule has 0 aliphatic carbocycles. The summed E-state index contributed by atoms with van der Waals surface area (Å²) in [6, 6.07) is -0.161. The van der Waals surface area contributed by atoms with Gasteiger partial charge in [0.05, 0.1) is 6.61 Å². The zero-order chi connectivity index (χ0) is 13.4. The van der Waals surface area contributed by atoms with E-state index in [4.69, 9.17) is 4.74 Å². The third kappa shape index (κ3) is 5.36. The molecule has 4 heteroatoms. The number of likely N-dealkylation sites (tertiary alicyclic amines) is 1. The van der Waals surface area contributed by atoms with Gasteiger partial charge < -0.3 is 15.0 Å². The highest BCUT2D eigenvalue weighted by molar-refractivity contribution is 5.75. The van der Waals surface area contributed by atoms with Gasteiger partial charge in [0, 0.05) is 6.54 Å². The van der Waals surface area contributed by atoms with Crippen molar-refractivity contribution in [1.29, 1.82) is 0 Å². The lowest BCUT2D eigenvalue weighted by molar-refractivity contribution is -0.145. The molecular weight excluding hydrogens is 228 g/mol. The van der Waals surface area contributed by atoms with Crippen LogP contribution >= 0.6 is 0 Å². The fourth-order valence-corrected chi connectivity index (χ4v) is 2.48. The van der Waals surface area contributed by atoms with Gasteiger partial charge in [-0.05, 0) is 58.7 Å². The summed E-state index contributed by atoms with van der Waals surface area (Å²) in [6.45, 7) is 7.96. The zero-order valence-corrected chi connectivity index (χ0v) is 12.1. The van der Waals surface area contributed by atoms with Gasteiger partial charge in [-0.2, -0.15) is 0 Å². The van der Waals surface area contributed by atoms with E-state index in [9.17, 15) is 4.79 Å². The highest BCUT2D eigenvalue weighted by atomic mass is 16.5. The highest BCUT2D eigenvalue weighted by Crippen LogP contribution is 2.16. The summed E-state index contributed by atoms with van der Waals surface area (Å²) in [5.74, 6) is 0.725. The summed E-state index contributed by atoms with van der Waals surface area (Å²) in [5, 5.41) is 3.05. The van der Waals surface area contributed by atoms with Gasteiger partial charge in [0.1, 0.15) is 6.04 Å². The molecule has 1 fully saturated rings. The molecule has 0 aromatic rings. The van der Waals surface area contributed by atoms with Crippen LogP contribution in [-0.4, -0.2) is 50.2 Å². The predicted octanol–water partition coefficient (Wildman–Crippen LogP) is 1.65. The van der Waals surface area contributed by atoms with Gasteiger partial charge in [0.2, 0.25) is 0 Å². The molecule has 106 valence electrons. The molecular formula is C14H28N2O2. The minimum absolute atomic E-state index is 0.122. The molecule has 0 amide bonds. The van der Waals surface area contributed by atoms with Gasteiger partial charge in [-0.3, -0.25) is 4.79 Å². The van der Waals surface area contributed by atoms with Crippen LogP contribution in [0.25, 0.3) is 0 Å². The van der Waals surface area contributed by atoms with E-state index in [2.05, 4.69) is 17.1 Å². The van der Waals surface area contributed by atoms with Crippen LogP contribution in [0.5, 0.6) is 0 Å². The van der Waals surface area contributed by atoms with E-state index >= 15 is 0 Å². The van der Waals surface area contributed by atoms with Crippen LogP contribution in [0.2, 0.25) is 0 Å². The van der Waals surface area contributed by atoms with Gasteiger partial charge in [-0.15, -0.1) is 0 Å². The predicted molar refractivity (Wildman–Crippen MR) is 73.6 cm³/mol. The summed E-state index contributed by atoms with van der Waals surface area (Å²) in [7, 11) is 1.83. The van der Waals surface area contributed by atoms with Crippen molar-refractivity contribution in [2.24, 2.45) is 5.92 Å². The largest absolute Gasteiger partial charge is 0.465 e. The number of carbonyl (C=O) groups is 1. The maximum Gasteiger partial charge on any atom is 0.323 e. The number of nitrogens with zero attached hydrogens (tertiary/aromatic N) is 1. The lowest BCUT2D eigenvalue weighted by Gasteiger charge is -2.22. The Kier molecular flexibility index (Phi) is 7.28. The minimum atomic E-state index is -0.161. The first-order valence-electron chi connectivity index (χ1n) is 7.23. The quantitative estimate of drug-likeness (QED) is 0.734. The van der Waals surface area contributed by atoms with E-state index in [-0.39, 0.29) is 12.0 Å². The fourth-order valence-electron chi connectivity index (χ4n) is 2.48. The fraction of sp³-hybridized carbons (Fsp3) is 0.929. The smallest absolute Gasteiger partial charge is 0.323 e. The molecule has 0 aromatic heterocycles. The van der Waals surface area contributed by atoms with Crippen LogP contribution in [0, 0.1) is 5.92 Å². The first kappa shape index (κ1) is 15.4. The van der Waals surface area contributed by atoms with Crippen molar-refractivity contribution in [3.05, 3.63) is 0 Å². The molecule has 0 radical (unpaired) electrons. The number of likely N-dealkylation sites (N-methyl/N-ethyl adjacent to an activating group) is 1. The van der Waals surface area contributed by atoms with Crippen molar-refractivity contribution < 1.29 is 9.53 Å². The van der Waals surface area contributed by atoms with Crippen LogP contribution in [0.4, 0.5) is 0 Å². The van der Waals surface area contributed by atoms with Gasteiger partial charge in [0.25, 0.3) is 0 Å². The van der Waals surface area contributed by atoms with Crippen LogP contribution in [-0.2, 0) is 9.53 Å². The summed E-state index contributed by atoms with van der Waals surface area (Å²) in [5.41, 5.74) is 0. The van der Waals surface area contributed by atoms with E-state index in [1.54, 1.807) is 0 Å². The number of rotatable bonds is 6. The third-order valence-electron chi connectivity index (χ3n) is 3.76. The Morgan fingerprint density at radius 2 is 2.22 bits per heavy atom. The molecule has 18 heavy (non-hydrogen) atoms. The molecule has 2 atom stereocenters. The molecule has 0 aromatic carbocycles. The van der Waals surface area contributed by atoms with E-state index in [0.717, 1.165) is 18.9 Å². The maximum absolute atomic E-state index is 11.7. The summed E-state index contributed by atoms with van der Waals surface area (Å²) < 4.78 is 5.06. The van der Waals surface area contributed by atoms with Gasteiger partial charge in [-0.1, -0.05) is 6.92 Å². The van der Waals surface area contributed by atoms with Crippen molar-refractivity contribution >= 4 is 5.97 Å². The van der Waals surface area contributed by atoms with Crippen molar-refractivity contribution in [2.45, 2.75) is 45.6 Å². The number of ether oxygens (including phenoxy) is 1. The Labute approximate surface area is 111 Å². The first-order valence-corrected chi connectivity index (χ1v) is 7.23. The Hall–Kier alpha value is -0.610. The van der Waals surface area contributed by atoms with Crippen molar-refractivity contribution in [1.82, 2.24) is 10.2 Å². The molecule has 0 saturated carbocycles. The van der Waals surface area contributed by atoms with Gasteiger partial charge in [-0.25, -0.2) is 0 Å². The monoisotopic (exact) mass is 256 g/mol. The van der Waals surface area contributed by atoms with Gasteiger partial charge in [0.15, 0.2) is 0 Å². The number of nitrogens with one attached hydrogen (secondary N) is 1. The Balaban J connectivity index is 2.31. The zero-order valence-electron chi connectivity index (χ0n) is 12.1. The van der Waals surface area contributed by atoms with E-state index in [1.807, 2.05) is 14.0 Å². The summed E-state index contributed by atoms with van der Waals surface area (Å²) in [4.78, 5) is 14.1. The molecule has 1 aliphatic heterocycles. The third-order valence-corrected chi connectivity index (χ3v) is 3.76. The Morgan fingerprint density at radius 3 is 2.89 bits per heavy atom. The van der Waals surface area contributed by atoms with Crippen molar-refractivity contribution in [3.8, 4) is 0 Å². The minimum Gasteiger partial charge on any atom is -0.465 e. The lowest BCUT2D eigenvalue weighted by Crippen LogP contribution is -2.39. The number of hydrogen-bond donors (Lipinski definition) is 1. The standard InChI is InChI=1S/C14H28N2O2/c1-4-18-14(17)13(15-3)8-11-16-9-5-6-12(2)7-10-16/h12-13,15H,4-11H2,1-3H3. The van der Waals surface area contributed by atoms with Crippen LogP contribution < -0.4 is 5.32 Å². The summed E-state index contributed by atoms with van der Waals surface area (Å²) in [6.07, 6.45) is 4.74. The van der Waals surface area contributed by atoms with E-state index in [0.29, 0.717) is 6.61 Å². The molecule has 1 rings (SSSR count). The lowest BCUT2D eigenvalue weighted by atomic mass is 10.0. The average Bonchev–Trinajstić information content (AvgIpc) is 2.55. The normalized spacial score (nSPS) is 23.4. The number of esters is 1. The Bertz CT molecular complexity index is 246. The molecule has 0 bridgehead atoms. The average molecular weight is 256 g/mol. The van der Waals surface area contributed by atoms with Gasteiger partial charge >= 0.3 is 5.97 Å². The topological polar surface area (TPSA) is 41.6 Å². The molecule has 4 nitrogen and oxygen atoms in total. The van der Waals surface area contributed by atoms with Crippen molar-refractivity contribution in [3.63, 3.8) is 0 Å².